The van der Waals surface area contributed by atoms with Crippen molar-refractivity contribution in [2.75, 3.05) is 19.8 Å². The summed E-state index contributed by atoms with van der Waals surface area (Å²) in [5, 5.41) is 8.77. The van der Waals surface area contributed by atoms with Crippen LogP contribution in [0.5, 0.6) is 0 Å². The highest BCUT2D eigenvalue weighted by molar-refractivity contribution is 5.25. The van der Waals surface area contributed by atoms with Crippen molar-refractivity contribution < 1.29 is 4.74 Å². The van der Waals surface area contributed by atoms with Crippen molar-refractivity contribution in [1.82, 2.24) is 9.88 Å². The van der Waals surface area contributed by atoms with E-state index in [-0.39, 0.29) is 0 Å². The van der Waals surface area contributed by atoms with E-state index in [1.807, 2.05) is 12.1 Å². The molecule has 0 N–H and O–H groups in total. The first-order chi connectivity index (χ1) is 7.79. The molecule has 0 aromatic carbocycles. The highest BCUT2D eigenvalue weighted by Crippen LogP contribution is 2.12. The molecule has 0 radical (unpaired) electrons. The summed E-state index contributed by atoms with van der Waals surface area (Å²) < 4.78 is 5.39. The Morgan fingerprint density at radius 3 is 3.31 bits per heavy atom. The van der Waals surface area contributed by atoms with E-state index in [4.69, 9.17) is 10.00 Å². The third-order valence-corrected chi connectivity index (χ3v) is 2.83. The summed E-state index contributed by atoms with van der Waals surface area (Å²) in [5.74, 6) is 0. The van der Waals surface area contributed by atoms with Gasteiger partial charge in [-0.05, 0) is 24.6 Å². The van der Waals surface area contributed by atoms with Gasteiger partial charge in [-0.1, -0.05) is 0 Å². The summed E-state index contributed by atoms with van der Waals surface area (Å²) in [7, 11) is 0. The van der Waals surface area contributed by atoms with Gasteiger partial charge in [0, 0.05) is 25.3 Å². The SMILES string of the molecule is CC1COCCN1Cc1ccnc(C#N)c1. The van der Waals surface area contributed by atoms with Crippen LogP contribution in [0.3, 0.4) is 0 Å². The first kappa shape index (κ1) is 11.1. The number of pyridine rings is 1. The quantitative estimate of drug-likeness (QED) is 0.746. The molecule has 1 unspecified atom stereocenters. The van der Waals surface area contributed by atoms with E-state index < -0.39 is 0 Å². The molecule has 0 spiro atoms. The van der Waals surface area contributed by atoms with Gasteiger partial charge >= 0.3 is 0 Å². The predicted molar refractivity (Wildman–Crippen MR) is 59.6 cm³/mol. The molecule has 2 rings (SSSR count). The Hall–Kier alpha value is -1.44. The number of ether oxygens (including phenoxy) is 1. The molecule has 0 bridgehead atoms. The van der Waals surface area contributed by atoms with Crippen molar-refractivity contribution in [3.63, 3.8) is 0 Å². The molecule has 1 atom stereocenters. The number of aromatic nitrogens is 1. The molecule has 16 heavy (non-hydrogen) atoms. The van der Waals surface area contributed by atoms with Crippen molar-refractivity contribution in [3.05, 3.63) is 29.6 Å². The fraction of sp³-hybridized carbons (Fsp3) is 0.500. The molecule has 0 saturated carbocycles. The molecular formula is C12H15N3O. The van der Waals surface area contributed by atoms with Gasteiger partial charge in [0.1, 0.15) is 11.8 Å². The van der Waals surface area contributed by atoms with Crippen LogP contribution in [0.1, 0.15) is 18.2 Å². The van der Waals surface area contributed by atoms with Crippen LogP contribution in [0, 0.1) is 11.3 Å². The molecule has 1 aromatic heterocycles. The maximum absolute atomic E-state index is 8.77. The Labute approximate surface area is 95.5 Å². The third kappa shape index (κ3) is 2.57. The summed E-state index contributed by atoms with van der Waals surface area (Å²) in [6, 6.07) is 6.31. The van der Waals surface area contributed by atoms with Crippen molar-refractivity contribution in [3.8, 4) is 6.07 Å². The molecular weight excluding hydrogens is 202 g/mol. The van der Waals surface area contributed by atoms with Gasteiger partial charge in [0.15, 0.2) is 0 Å². The Kier molecular flexibility index (Phi) is 3.50. The van der Waals surface area contributed by atoms with Crippen LogP contribution in [-0.2, 0) is 11.3 Å². The Morgan fingerprint density at radius 1 is 1.69 bits per heavy atom. The Bertz CT molecular complexity index is 399. The first-order valence-electron chi connectivity index (χ1n) is 5.46. The van der Waals surface area contributed by atoms with Crippen LogP contribution in [0.4, 0.5) is 0 Å². The second kappa shape index (κ2) is 5.06. The van der Waals surface area contributed by atoms with Crippen molar-refractivity contribution >= 4 is 0 Å². The normalized spacial score (nSPS) is 21.6. The van der Waals surface area contributed by atoms with Gasteiger partial charge in [0.2, 0.25) is 0 Å². The lowest BCUT2D eigenvalue weighted by molar-refractivity contribution is -0.00438. The number of hydrogen-bond acceptors (Lipinski definition) is 4. The zero-order valence-electron chi connectivity index (χ0n) is 9.39. The van der Waals surface area contributed by atoms with E-state index in [1.54, 1.807) is 6.20 Å². The lowest BCUT2D eigenvalue weighted by atomic mass is 10.2. The smallest absolute Gasteiger partial charge is 0.140 e. The largest absolute Gasteiger partial charge is 0.379 e. The van der Waals surface area contributed by atoms with Gasteiger partial charge in [0.25, 0.3) is 0 Å². The first-order valence-corrected chi connectivity index (χ1v) is 5.46. The van der Waals surface area contributed by atoms with Crippen LogP contribution in [0.15, 0.2) is 18.3 Å². The highest BCUT2D eigenvalue weighted by atomic mass is 16.5. The van der Waals surface area contributed by atoms with E-state index in [2.05, 4.69) is 22.9 Å². The van der Waals surface area contributed by atoms with E-state index in [0.717, 1.165) is 31.9 Å². The van der Waals surface area contributed by atoms with Crippen molar-refractivity contribution in [1.29, 1.82) is 5.26 Å². The zero-order valence-corrected chi connectivity index (χ0v) is 9.39. The molecule has 4 nitrogen and oxygen atoms in total. The average molecular weight is 217 g/mol. The van der Waals surface area contributed by atoms with Gasteiger partial charge in [-0.3, -0.25) is 4.90 Å². The molecule has 1 aromatic rings. The lowest BCUT2D eigenvalue weighted by Crippen LogP contribution is -2.42. The number of morpholine rings is 1. The van der Waals surface area contributed by atoms with Crippen LogP contribution in [0.2, 0.25) is 0 Å². The number of nitrogens with zero attached hydrogens (tertiary/aromatic N) is 3. The van der Waals surface area contributed by atoms with Gasteiger partial charge in [-0.2, -0.15) is 5.26 Å². The van der Waals surface area contributed by atoms with Gasteiger partial charge in [-0.25, -0.2) is 4.98 Å². The molecule has 1 aliphatic rings. The number of hydrogen-bond donors (Lipinski definition) is 0. The fourth-order valence-electron chi connectivity index (χ4n) is 1.86. The van der Waals surface area contributed by atoms with Crippen LogP contribution < -0.4 is 0 Å². The lowest BCUT2D eigenvalue weighted by Gasteiger charge is -2.33. The minimum absolute atomic E-state index is 0.437. The van der Waals surface area contributed by atoms with Gasteiger partial charge < -0.3 is 4.74 Å². The molecule has 2 heterocycles. The third-order valence-electron chi connectivity index (χ3n) is 2.83. The molecule has 0 aliphatic carbocycles. The van der Waals surface area contributed by atoms with Crippen LogP contribution in [0.25, 0.3) is 0 Å². The molecule has 84 valence electrons. The second-order valence-corrected chi connectivity index (χ2v) is 4.06. The topological polar surface area (TPSA) is 49.1 Å². The maximum atomic E-state index is 8.77. The van der Waals surface area contributed by atoms with E-state index >= 15 is 0 Å². The van der Waals surface area contributed by atoms with Crippen LogP contribution in [-0.4, -0.2) is 35.7 Å². The standard InChI is InChI=1S/C12H15N3O/c1-10-9-16-5-4-15(10)8-11-2-3-14-12(6-11)7-13/h2-3,6,10H,4-5,8-9H2,1H3. The molecule has 1 saturated heterocycles. The summed E-state index contributed by atoms with van der Waals surface area (Å²) in [5.41, 5.74) is 1.62. The summed E-state index contributed by atoms with van der Waals surface area (Å²) >= 11 is 0. The van der Waals surface area contributed by atoms with E-state index in [9.17, 15) is 0 Å². The maximum Gasteiger partial charge on any atom is 0.140 e. The highest BCUT2D eigenvalue weighted by Gasteiger charge is 2.18. The van der Waals surface area contributed by atoms with Crippen LogP contribution >= 0.6 is 0 Å². The van der Waals surface area contributed by atoms with Crippen molar-refractivity contribution in [2.24, 2.45) is 0 Å². The van der Waals surface area contributed by atoms with Crippen molar-refractivity contribution in [2.45, 2.75) is 19.5 Å². The molecule has 0 amide bonds. The van der Waals surface area contributed by atoms with Gasteiger partial charge in [0.05, 0.1) is 13.2 Å². The molecule has 1 aliphatic heterocycles. The number of nitriles is 1. The number of rotatable bonds is 2. The second-order valence-electron chi connectivity index (χ2n) is 4.06. The Balaban J connectivity index is 2.05. The van der Waals surface area contributed by atoms with E-state index in [0.29, 0.717) is 11.7 Å². The minimum Gasteiger partial charge on any atom is -0.379 e. The fourth-order valence-corrected chi connectivity index (χ4v) is 1.86. The summed E-state index contributed by atoms with van der Waals surface area (Å²) in [6.07, 6.45) is 1.69. The summed E-state index contributed by atoms with van der Waals surface area (Å²) in [4.78, 5) is 6.33. The van der Waals surface area contributed by atoms with E-state index in [1.165, 1.54) is 0 Å². The van der Waals surface area contributed by atoms with Gasteiger partial charge in [-0.15, -0.1) is 0 Å². The molecule has 4 heteroatoms. The monoisotopic (exact) mass is 217 g/mol. The zero-order chi connectivity index (χ0) is 11.4. The minimum atomic E-state index is 0.437. The predicted octanol–water partition coefficient (Wildman–Crippen LogP) is 1.17. The Morgan fingerprint density at radius 2 is 2.56 bits per heavy atom. The average Bonchev–Trinajstić information content (AvgIpc) is 2.32. The molecule has 1 fully saturated rings. The summed E-state index contributed by atoms with van der Waals surface area (Å²) in [6.45, 7) is 5.55.